The van der Waals surface area contributed by atoms with E-state index in [2.05, 4.69) is 32.9 Å². The summed E-state index contributed by atoms with van der Waals surface area (Å²) in [7, 11) is 0. The van der Waals surface area contributed by atoms with E-state index in [1.807, 2.05) is 0 Å². The Morgan fingerprint density at radius 2 is 2.24 bits per heavy atom. The van der Waals surface area contributed by atoms with Gasteiger partial charge in [-0.1, -0.05) is 17.2 Å². The molecular formula is C10H15N5O2. The van der Waals surface area contributed by atoms with Gasteiger partial charge in [-0.05, 0) is 13.0 Å². The summed E-state index contributed by atoms with van der Waals surface area (Å²) in [5.41, 5.74) is 0. The lowest BCUT2D eigenvalue weighted by molar-refractivity contribution is 0.386. The van der Waals surface area contributed by atoms with E-state index in [1.165, 1.54) is 0 Å². The van der Waals surface area contributed by atoms with Gasteiger partial charge in [0, 0.05) is 6.07 Å². The maximum atomic E-state index is 5.37. The molecule has 0 aliphatic heterocycles. The van der Waals surface area contributed by atoms with Crippen molar-refractivity contribution in [3.8, 4) is 0 Å². The van der Waals surface area contributed by atoms with Crippen LogP contribution in [0.15, 0.2) is 21.2 Å². The monoisotopic (exact) mass is 237 g/mol. The van der Waals surface area contributed by atoms with Crippen molar-refractivity contribution >= 4 is 6.01 Å². The van der Waals surface area contributed by atoms with Crippen LogP contribution >= 0.6 is 0 Å². The predicted molar refractivity (Wildman–Crippen MR) is 60.1 cm³/mol. The second-order valence-electron chi connectivity index (χ2n) is 3.51. The Morgan fingerprint density at radius 3 is 3.00 bits per heavy atom. The summed E-state index contributed by atoms with van der Waals surface area (Å²) >= 11 is 0. The van der Waals surface area contributed by atoms with E-state index in [9.17, 15) is 0 Å². The highest BCUT2D eigenvalue weighted by molar-refractivity contribution is 5.18. The third-order valence-corrected chi connectivity index (χ3v) is 2.07. The summed E-state index contributed by atoms with van der Waals surface area (Å²) < 4.78 is 10.3. The van der Waals surface area contributed by atoms with E-state index in [1.54, 1.807) is 12.3 Å². The van der Waals surface area contributed by atoms with Crippen LogP contribution in [0.4, 0.5) is 6.01 Å². The average molecular weight is 237 g/mol. The second-order valence-corrected chi connectivity index (χ2v) is 3.51. The maximum Gasteiger partial charge on any atom is 0.315 e. The lowest BCUT2D eigenvalue weighted by Crippen LogP contribution is -2.13. The molecule has 2 aromatic heterocycles. The summed E-state index contributed by atoms with van der Waals surface area (Å²) in [4.78, 5) is 0. The Bertz CT molecular complexity index is 426. The van der Waals surface area contributed by atoms with E-state index in [-0.39, 0.29) is 0 Å². The zero-order chi connectivity index (χ0) is 11.9. The summed E-state index contributed by atoms with van der Waals surface area (Å²) in [6.07, 6.45) is 2.66. The van der Waals surface area contributed by atoms with Crippen molar-refractivity contribution in [3.63, 3.8) is 0 Å². The second kappa shape index (κ2) is 6.00. The van der Waals surface area contributed by atoms with Gasteiger partial charge in [0.2, 0.25) is 5.89 Å². The van der Waals surface area contributed by atoms with Gasteiger partial charge in [-0.15, -0.1) is 5.10 Å². The summed E-state index contributed by atoms with van der Waals surface area (Å²) in [5, 5.41) is 17.5. The van der Waals surface area contributed by atoms with Crippen molar-refractivity contribution in [2.24, 2.45) is 0 Å². The smallest absolute Gasteiger partial charge is 0.315 e. The minimum Gasteiger partial charge on any atom is -0.407 e. The van der Waals surface area contributed by atoms with Crippen LogP contribution in [0.1, 0.15) is 25.0 Å². The predicted octanol–water partition coefficient (Wildman–Crippen LogP) is 1.17. The first-order chi connectivity index (χ1) is 8.38. The van der Waals surface area contributed by atoms with Gasteiger partial charge >= 0.3 is 6.01 Å². The molecule has 0 aliphatic rings. The normalized spacial score (nSPS) is 10.6. The van der Waals surface area contributed by atoms with Crippen molar-refractivity contribution in [2.75, 3.05) is 11.9 Å². The molecule has 0 fully saturated rings. The molecule has 0 unspecified atom stereocenters. The molecule has 0 atom stereocenters. The maximum absolute atomic E-state index is 5.37. The third-order valence-electron chi connectivity index (χ3n) is 2.07. The van der Waals surface area contributed by atoms with Gasteiger partial charge < -0.3 is 19.6 Å². The summed E-state index contributed by atoms with van der Waals surface area (Å²) in [6, 6.07) is 2.15. The van der Waals surface area contributed by atoms with Crippen molar-refractivity contribution in [3.05, 3.63) is 23.9 Å². The fourth-order valence-electron chi connectivity index (χ4n) is 1.26. The van der Waals surface area contributed by atoms with Crippen molar-refractivity contribution in [1.82, 2.24) is 20.7 Å². The lowest BCUT2D eigenvalue weighted by atomic mass is 10.5. The minimum absolute atomic E-state index is 0.384. The molecule has 0 saturated heterocycles. The largest absolute Gasteiger partial charge is 0.407 e. The molecular weight excluding hydrogens is 222 g/mol. The highest BCUT2D eigenvalue weighted by atomic mass is 16.5. The molecule has 17 heavy (non-hydrogen) atoms. The molecule has 2 aromatic rings. The molecule has 2 heterocycles. The molecule has 0 spiro atoms. The lowest BCUT2D eigenvalue weighted by Gasteiger charge is -1.97. The Morgan fingerprint density at radius 1 is 1.29 bits per heavy atom. The first-order valence-electron chi connectivity index (χ1n) is 5.55. The van der Waals surface area contributed by atoms with E-state index >= 15 is 0 Å². The van der Waals surface area contributed by atoms with Crippen LogP contribution < -0.4 is 10.6 Å². The Labute approximate surface area is 98.6 Å². The summed E-state index contributed by atoms with van der Waals surface area (Å²) in [6.45, 7) is 4.10. The SMILES string of the molecule is CCCNCc1nnc(NCc2ccno2)o1. The molecule has 0 aromatic carbocycles. The molecule has 0 amide bonds. The average Bonchev–Trinajstić information content (AvgIpc) is 2.98. The molecule has 92 valence electrons. The van der Waals surface area contributed by atoms with Crippen molar-refractivity contribution < 1.29 is 8.94 Å². The topological polar surface area (TPSA) is 89.0 Å². The Balaban J connectivity index is 1.77. The molecule has 7 nitrogen and oxygen atoms in total. The summed E-state index contributed by atoms with van der Waals surface area (Å²) in [5.74, 6) is 1.28. The van der Waals surface area contributed by atoms with Crippen LogP contribution in [0.25, 0.3) is 0 Å². The van der Waals surface area contributed by atoms with E-state index < -0.39 is 0 Å². The highest BCUT2D eigenvalue weighted by Gasteiger charge is 2.05. The van der Waals surface area contributed by atoms with Crippen LogP contribution in [0, 0.1) is 0 Å². The van der Waals surface area contributed by atoms with Crippen LogP contribution in [0.5, 0.6) is 0 Å². The van der Waals surface area contributed by atoms with Gasteiger partial charge in [0.25, 0.3) is 0 Å². The molecule has 7 heteroatoms. The number of aromatic nitrogens is 3. The molecule has 2 rings (SSSR count). The van der Waals surface area contributed by atoms with Gasteiger partial charge in [-0.25, -0.2) is 0 Å². The Kier molecular flexibility index (Phi) is 4.09. The van der Waals surface area contributed by atoms with Crippen LogP contribution in [0.3, 0.4) is 0 Å². The first kappa shape index (κ1) is 11.6. The van der Waals surface area contributed by atoms with Crippen LogP contribution in [-0.4, -0.2) is 21.9 Å². The number of nitrogens with one attached hydrogen (secondary N) is 2. The van der Waals surface area contributed by atoms with E-state index in [0.717, 1.165) is 13.0 Å². The molecule has 0 aliphatic carbocycles. The standard InChI is InChI=1S/C10H15N5O2/c1-2-4-11-7-9-14-15-10(16-9)12-6-8-3-5-13-17-8/h3,5,11H,2,4,6-7H2,1H3,(H,12,15). The van der Waals surface area contributed by atoms with Crippen molar-refractivity contribution in [1.29, 1.82) is 0 Å². The van der Waals surface area contributed by atoms with E-state index in [4.69, 9.17) is 8.94 Å². The highest BCUT2D eigenvalue weighted by Crippen LogP contribution is 2.07. The third kappa shape index (κ3) is 3.56. The van der Waals surface area contributed by atoms with Gasteiger partial charge in [0.15, 0.2) is 5.76 Å². The van der Waals surface area contributed by atoms with Crippen LogP contribution in [0.2, 0.25) is 0 Å². The number of anilines is 1. The zero-order valence-corrected chi connectivity index (χ0v) is 9.64. The van der Waals surface area contributed by atoms with E-state index in [0.29, 0.717) is 30.8 Å². The number of hydrogen-bond donors (Lipinski definition) is 2. The van der Waals surface area contributed by atoms with Gasteiger partial charge in [0.1, 0.15) is 0 Å². The number of rotatable bonds is 7. The fraction of sp³-hybridized carbons (Fsp3) is 0.500. The molecule has 0 saturated carbocycles. The molecule has 2 N–H and O–H groups in total. The Hall–Kier alpha value is -1.89. The molecule has 0 radical (unpaired) electrons. The minimum atomic E-state index is 0.384. The quantitative estimate of drug-likeness (QED) is 0.698. The van der Waals surface area contributed by atoms with Crippen LogP contribution in [-0.2, 0) is 13.1 Å². The van der Waals surface area contributed by atoms with Gasteiger partial charge in [-0.2, -0.15) is 0 Å². The van der Waals surface area contributed by atoms with Crippen molar-refractivity contribution in [2.45, 2.75) is 26.4 Å². The first-order valence-corrected chi connectivity index (χ1v) is 5.55. The molecule has 0 bridgehead atoms. The number of nitrogens with zero attached hydrogens (tertiary/aromatic N) is 3. The zero-order valence-electron chi connectivity index (χ0n) is 9.64. The number of hydrogen-bond acceptors (Lipinski definition) is 7. The fourth-order valence-corrected chi connectivity index (χ4v) is 1.26. The van der Waals surface area contributed by atoms with Gasteiger partial charge in [0.05, 0.1) is 19.3 Å². The van der Waals surface area contributed by atoms with Gasteiger partial charge in [-0.3, -0.25) is 0 Å².